The van der Waals surface area contributed by atoms with Gasteiger partial charge in [0.05, 0.1) is 18.4 Å². The van der Waals surface area contributed by atoms with Crippen LogP contribution < -0.4 is 5.32 Å². The molecule has 0 saturated heterocycles. The normalized spacial score (nSPS) is 19.1. The smallest absolute Gasteiger partial charge is 0.308 e. The molecule has 28 heavy (non-hydrogen) atoms. The van der Waals surface area contributed by atoms with Crippen molar-refractivity contribution in [3.05, 3.63) is 41.5 Å². The Hall–Kier alpha value is -2.51. The number of thiophene rings is 1. The summed E-state index contributed by atoms with van der Waals surface area (Å²) in [6.45, 7) is 0.360. The molecule has 1 fully saturated rings. The monoisotopic (exact) mass is 397 g/mol. The van der Waals surface area contributed by atoms with Gasteiger partial charge in [0, 0.05) is 24.1 Å². The minimum absolute atomic E-state index is 0.0469. The summed E-state index contributed by atoms with van der Waals surface area (Å²) >= 11 is 1.61. The van der Waals surface area contributed by atoms with Crippen molar-refractivity contribution in [1.29, 1.82) is 0 Å². The van der Waals surface area contributed by atoms with E-state index in [1.807, 2.05) is 18.2 Å². The van der Waals surface area contributed by atoms with Gasteiger partial charge in [-0.2, -0.15) is 0 Å². The molecule has 0 amide bonds. The number of rotatable bonds is 6. The summed E-state index contributed by atoms with van der Waals surface area (Å²) in [5.74, 6) is 1.29. The molecule has 0 aliphatic heterocycles. The van der Waals surface area contributed by atoms with E-state index >= 15 is 0 Å². The van der Waals surface area contributed by atoms with Crippen LogP contribution in [0.25, 0.3) is 21.3 Å². The summed E-state index contributed by atoms with van der Waals surface area (Å²) in [6.07, 6.45) is 2.50. The van der Waals surface area contributed by atoms with E-state index < -0.39 is 0 Å². The maximum Gasteiger partial charge on any atom is 0.308 e. The molecular weight excluding hydrogens is 374 g/mol. The second-order valence-corrected chi connectivity index (χ2v) is 7.85. The number of anilines is 1. The fourth-order valence-corrected chi connectivity index (χ4v) is 4.77. The van der Waals surface area contributed by atoms with Gasteiger partial charge in [-0.15, -0.1) is 11.3 Å². The third-order valence-corrected chi connectivity index (χ3v) is 6.02. The Morgan fingerprint density at radius 1 is 1.21 bits per heavy atom. The molecule has 0 spiro atoms. The van der Waals surface area contributed by atoms with Crippen molar-refractivity contribution in [2.24, 2.45) is 5.92 Å². The van der Waals surface area contributed by atoms with Crippen LogP contribution in [0.2, 0.25) is 0 Å². The van der Waals surface area contributed by atoms with Crippen LogP contribution in [0, 0.1) is 5.92 Å². The fraction of sp³-hybridized carbons (Fsp3) is 0.381. The Bertz CT molecular complexity index is 974. The van der Waals surface area contributed by atoms with E-state index in [0.29, 0.717) is 12.4 Å². The van der Waals surface area contributed by atoms with Crippen molar-refractivity contribution in [3.63, 3.8) is 0 Å². The molecule has 7 heteroatoms. The van der Waals surface area contributed by atoms with Crippen molar-refractivity contribution in [3.8, 4) is 11.1 Å². The largest absolute Gasteiger partial charge is 0.469 e. The molecular formula is C21H23N3O3S. The molecule has 3 aromatic rings. The predicted molar refractivity (Wildman–Crippen MR) is 110 cm³/mol. The topological polar surface area (TPSA) is 73.3 Å². The summed E-state index contributed by atoms with van der Waals surface area (Å²) in [6, 6.07) is 10.4. The Balaban J connectivity index is 1.71. The summed E-state index contributed by atoms with van der Waals surface area (Å²) < 4.78 is 10.2. The third-order valence-electron chi connectivity index (χ3n) is 5.15. The van der Waals surface area contributed by atoms with Gasteiger partial charge in [0.15, 0.2) is 5.82 Å². The summed E-state index contributed by atoms with van der Waals surface area (Å²) in [5.41, 5.74) is 2.26. The Morgan fingerprint density at radius 2 is 2.04 bits per heavy atom. The second kappa shape index (κ2) is 8.24. The molecule has 0 bridgehead atoms. The lowest BCUT2D eigenvalue weighted by Crippen LogP contribution is -2.20. The number of carbonyl (C=O) groups is 1. The first kappa shape index (κ1) is 18.8. The molecule has 1 aliphatic carbocycles. The van der Waals surface area contributed by atoms with Crippen molar-refractivity contribution in [2.75, 3.05) is 19.5 Å². The standard InChI is InChI=1S/C21H23N3O3S/c1-26-11-17-23-19(22-15-9-8-14(10-15)21(25)27-2)18-16(12-28-20(18)24-17)13-6-4-3-5-7-13/h3-7,12,14-15H,8-11H2,1-2H3,(H,22,23,24)/t14-,15+/m0/s1. The average Bonchev–Trinajstić information content (AvgIpc) is 3.35. The molecule has 2 heterocycles. The lowest BCUT2D eigenvalue weighted by atomic mass is 10.1. The predicted octanol–water partition coefficient (Wildman–Crippen LogP) is 4.26. The van der Waals surface area contributed by atoms with Gasteiger partial charge in [-0.05, 0) is 24.8 Å². The summed E-state index contributed by atoms with van der Waals surface area (Å²) in [4.78, 5) is 22.2. The molecule has 2 atom stereocenters. The zero-order chi connectivity index (χ0) is 19.5. The molecule has 0 radical (unpaired) electrons. The number of methoxy groups -OCH3 is 2. The number of esters is 1. The number of hydrogen-bond acceptors (Lipinski definition) is 7. The first-order valence-corrected chi connectivity index (χ1v) is 10.2. The SMILES string of the molecule is COCc1nc(N[C@@H]2CC[C@H](C(=O)OC)C2)c2c(-c3ccccc3)csc2n1. The Morgan fingerprint density at radius 3 is 2.79 bits per heavy atom. The highest BCUT2D eigenvalue weighted by Gasteiger charge is 2.31. The van der Waals surface area contributed by atoms with Crippen LogP contribution in [0.3, 0.4) is 0 Å². The van der Waals surface area contributed by atoms with E-state index in [2.05, 4.69) is 27.8 Å². The van der Waals surface area contributed by atoms with Gasteiger partial charge in [0.2, 0.25) is 0 Å². The highest BCUT2D eigenvalue weighted by molar-refractivity contribution is 7.17. The van der Waals surface area contributed by atoms with E-state index in [-0.39, 0.29) is 17.9 Å². The quantitative estimate of drug-likeness (QED) is 0.627. The van der Waals surface area contributed by atoms with Gasteiger partial charge < -0.3 is 14.8 Å². The molecule has 4 rings (SSSR count). The van der Waals surface area contributed by atoms with Gasteiger partial charge in [0.25, 0.3) is 0 Å². The second-order valence-electron chi connectivity index (χ2n) is 6.99. The van der Waals surface area contributed by atoms with Gasteiger partial charge in [-0.1, -0.05) is 30.3 Å². The van der Waals surface area contributed by atoms with E-state index in [1.165, 1.54) is 7.11 Å². The number of aromatic nitrogens is 2. The number of nitrogens with one attached hydrogen (secondary N) is 1. The number of nitrogens with zero attached hydrogens (tertiary/aromatic N) is 2. The maximum absolute atomic E-state index is 11.9. The van der Waals surface area contributed by atoms with Crippen LogP contribution in [-0.2, 0) is 20.9 Å². The Labute approximate surface area is 167 Å². The molecule has 1 aromatic carbocycles. The molecule has 1 N–H and O–H groups in total. The van der Waals surface area contributed by atoms with Crippen LogP contribution in [0.1, 0.15) is 25.1 Å². The number of fused-ring (bicyclic) bond motifs is 1. The molecule has 1 saturated carbocycles. The zero-order valence-electron chi connectivity index (χ0n) is 16.0. The van der Waals surface area contributed by atoms with Crippen LogP contribution >= 0.6 is 11.3 Å². The van der Waals surface area contributed by atoms with E-state index in [0.717, 1.165) is 46.4 Å². The molecule has 0 unspecified atom stereocenters. The van der Waals surface area contributed by atoms with Crippen molar-refractivity contribution in [1.82, 2.24) is 9.97 Å². The number of benzene rings is 1. The Kier molecular flexibility index (Phi) is 5.54. The van der Waals surface area contributed by atoms with Crippen molar-refractivity contribution >= 4 is 33.3 Å². The highest BCUT2D eigenvalue weighted by Crippen LogP contribution is 2.38. The van der Waals surface area contributed by atoms with Gasteiger partial charge in [-0.25, -0.2) is 9.97 Å². The van der Waals surface area contributed by atoms with Crippen LogP contribution in [-0.4, -0.2) is 36.2 Å². The third kappa shape index (κ3) is 3.72. The van der Waals surface area contributed by atoms with Gasteiger partial charge in [-0.3, -0.25) is 4.79 Å². The summed E-state index contributed by atoms with van der Waals surface area (Å²) in [5, 5.41) is 6.73. The lowest BCUT2D eigenvalue weighted by Gasteiger charge is -2.16. The maximum atomic E-state index is 11.9. The highest BCUT2D eigenvalue weighted by atomic mass is 32.1. The number of carbonyl (C=O) groups excluding carboxylic acids is 1. The van der Waals surface area contributed by atoms with Gasteiger partial charge in [0.1, 0.15) is 17.3 Å². The molecule has 6 nitrogen and oxygen atoms in total. The van der Waals surface area contributed by atoms with Crippen molar-refractivity contribution < 1.29 is 14.3 Å². The van der Waals surface area contributed by atoms with E-state index in [9.17, 15) is 4.79 Å². The first-order valence-electron chi connectivity index (χ1n) is 9.36. The first-order chi connectivity index (χ1) is 13.7. The molecule has 2 aromatic heterocycles. The van der Waals surface area contributed by atoms with Crippen LogP contribution in [0.4, 0.5) is 5.82 Å². The zero-order valence-corrected chi connectivity index (χ0v) is 16.8. The average molecular weight is 398 g/mol. The van der Waals surface area contributed by atoms with Crippen LogP contribution in [0.5, 0.6) is 0 Å². The minimum atomic E-state index is -0.127. The van der Waals surface area contributed by atoms with Gasteiger partial charge >= 0.3 is 5.97 Å². The van der Waals surface area contributed by atoms with Crippen molar-refractivity contribution in [2.45, 2.75) is 31.9 Å². The summed E-state index contributed by atoms with van der Waals surface area (Å²) in [7, 11) is 3.09. The van der Waals surface area contributed by atoms with E-state index in [1.54, 1.807) is 18.4 Å². The number of ether oxygens (including phenoxy) is 2. The fourth-order valence-electron chi connectivity index (χ4n) is 3.80. The number of hydrogen-bond donors (Lipinski definition) is 1. The van der Waals surface area contributed by atoms with Crippen LogP contribution in [0.15, 0.2) is 35.7 Å². The molecule has 1 aliphatic rings. The lowest BCUT2D eigenvalue weighted by molar-refractivity contribution is -0.145. The minimum Gasteiger partial charge on any atom is -0.469 e. The molecule has 146 valence electrons. The van der Waals surface area contributed by atoms with E-state index in [4.69, 9.17) is 14.5 Å².